The lowest BCUT2D eigenvalue weighted by Crippen LogP contribution is -2.35. The number of allylic oxidation sites excluding steroid dienone is 4. The lowest BCUT2D eigenvalue weighted by Gasteiger charge is -2.28. The number of urea groups is 1. The van der Waals surface area contributed by atoms with Crippen LogP contribution in [-0.2, 0) is 15.7 Å². The maximum atomic E-state index is 14.8. The monoisotopic (exact) mass is 547 g/mol. The predicted octanol–water partition coefficient (Wildman–Crippen LogP) is 6.24. The number of likely N-dealkylation sites (tertiary alicyclic amines) is 1. The smallest absolute Gasteiger partial charge is 0.420 e. The molecule has 0 spiro atoms. The summed E-state index contributed by atoms with van der Waals surface area (Å²) in [5, 5.41) is 4.63. The molecule has 1 unspecified atom stereocenters. The fraction of sp³-hybridized carbons (Fsp3) is 0.357. The predicted molar refractivity (Wildman–Crippen MR) is 139 cm³/mol. The van der Waals surface area contributed by atoms with Crippen molar-refractivity contribution in [1.29, 1.82) is 0 Å². The van der Waals surface area contributed by atoms with Gasteiger partial charge in [0.15, 0.2) is 5.76 Å². The van der Waals surface area contributed by atoms with Gasteiger partial charge in [0.2, 0.25) is 5.78 Å². The highest BCUT2D eigenvalue weighted by Crippen LogP contribution is 2.40. The van der Waals surface area contributed by atoms with Crippen LogP contribution in [0.2, 0.25) is 0 Å². The van der Waals surface area contributed by atoms with Crippen LogP contribution in [0.15, 0.2) is 54.3 Å². The van der Waals surface area contributed by atoms with Crippen molar-refractivity contribution in [2.24, 2.45) is 0 Å². The topological polar surface area (TPSA) is 79.9 Å². The Hall–Kier alpha value is -3.86. The van der Waals surface area contributed by atoms with E-state index in [0.29, 0.717) is 37.3 Å². The molecule has 1 heterocycles. The Balaban J connectivity index is 1.46. The second kappa shape index (κ2) is 11.1. The summed E-state index contributed by atoms with van der Waals surface area (Å²) in [6.45, 7) is 5.01. The Bertz CT molecular complexity index is 1340. The summed E-state index contributed by atoms with van der Waals surface area (Å²) >= 11 is 0. The second-order valence-electron chi connectivity index (χ2n) is 9.75. The molecular formula is C28H29F4N3O4. The first-order chi connectivity index (χ1) is 18.4. The summed E-state index contributed by atoms with van der Waals surface area (Å²) in [4.78, 5) is 26.4. The molecule has 2 aliphatic rings. The molecule has 2 aromatic rings. The normalized spacial score (nSPS) is 19.8. The number of likely N-dealkylation sites (N-methyl/N-ethyl adjacent to an activating group) is 1. The highest BCUT2D eigenvalue weighted by atomic mass is 19.4. The molecule has 1 fully saturated rings. The van der Waals surface area contributed by atoms with Crippen LogP contribution in [0.25, 0.3) is 5.57 Å². The van der Waals surface area contributed by atoms with E-state index in [9.17, 15) is 27.2 Å². The van der Waals surface area contributed by atoms with Crippen molar-refractivity contribution >= 4 is 28.8 Å². The summed E-state index contributed by atoms with van der Waals surface area (Å²) in [6, 6.07) is 6.40. The summed E-state index contributed by atoms with van der Waals surface area (Å²) < 4.78 is 67.3. The van der Waals surface area contributed by atoms with Crippen LogP contribution >= 0.6 is 0 Å². The van der Waals surface area contributed by atoms with Gasteiger partial charge < -0.3 is 25.0 Å². The molecule has 1 atom stereocenters. The van der Waals surface area contributed by atoms with Gasteiger partial charge in [0.25, 0.3) is 0 Å². The van der Waals surface area contributed by atoms with Crippen LogP contribution in [0.3, 0.4) is 0 Å². The first kappa shape index (κ1) is 28.2. The zero-order valence-electron chi connectivity index (χ0n) is 21.7. The quantitative estimate of drug-likeness (QED) is 0.402. The maximum Gasteiger partial charge on any atom is 0.420 e. The molecule has 0 radical (unpaired) electrons. The standard InChI is InChI=1S/C28H29F4N3O4/c1-4-38-25-14-18(6-9-23(25)36)17-5-8-22(21(29)13-17)34-26(37)33-19-7-10-24(20(15-19)28(30,31)32)39-27(2)11-12-35(3)16-27/h5-8,10,13-15H,4,9,11-12,16H2,1-3H3,(H2,33,34,37). The van der Waals surface area contributed by atoms with Crippen LogP contribution in [0, 0.1) is 5.82 Å². The van der Waals surface area contributed by atoms with Crippen molar-refractivity contribution in [3.8, 4) is 5.75 Å². The molecule has 2 aromatic carbocycles. The number of nitrogens with zero attached hydrogens (tertiary/aromatic N) is 1. The molecule has 1 aliphatic heterocycles. The lowest BCUT2D eigenvalue weighted by atomic mass is 9.97. The van der Waals surface area contributed by atoms with E-state index in [4.69, 9.17) is 9.47 Å². The van der Waals surface area contributed by atoms with Crippen LogP contribution in [0.1, 0.15) is 37.8 Å². The Morgan fingerprint density at radius 2 is 1.92 bits per heavy atom. The number of anilines is 2. The number of rotatable bonds is 7. The fourth-order valence-corrected chi connectivity index (χ4v) is 4.57. The molecule has 0 aromatic heterocycles. The minimum Gasteiger partial charge on any atom is -0.490 e. The van der Waals surface area contributed by atoms with Gasteiger partial charge in [-0.1, -0.05) is 12.1 Å². The highest BCUT2D eigenvalue weighted by Gasteiger charge is 2.39. The average molecular weight is 548 g/mol. The van der Waals surface area contributed by atoms with Gasteiger partial charge in [0.05, 0.1) is 17.9 Å². The largest absolute Gasteiger partial charge is 0.490 e. The first-order valence-electron chi connectivity index (χ1n) is 12.4. The van der Waals surface area contributed by atoms with E-state index < -0.39 is 29.2 Å². The van der Waals surface area contributed by atoms with Crippen LogP contribution in [-0.4, -0.2) is 49.1 Å². The van der Waals surface area contributed by atoms with E-state index in [1.54, 1.807) is 26.0 Å². The first-order valence-corrected chi connectivity index (χ1v) is 12.4. The number of amides is 2. The van der Waals surface area contributed by atoms with Gasteiger partial charge in [0, 0.05) is 31.6 Å². The van der Waals surface area contributed by atoms with Crippen molar-refractivity contribution in [2.75, 3.05) is 37.4 Å². The minimum atomic E-state index is -4.72. The second-order valence-corrected chi connectivity index (χ2v) is 9.75. The lowest BCUT2D eigenvalue weighted by molar-refractivity contribution is -0.139. The number of carbonyl (C=O) groups excluding carboxylic acids is 2. The number of ether oxygens (including phenoxy) is 2. The number of hydrogen-bond donors (Lipinski definition) is 2. The number of ketones is 1. The Kier molecular flexibility index (Phi) is 8.01. The van der Waals surface area contributed by atoms with Gasteiger partial charge in [-0.2, -0.15) is 13.2 Å². The van der Waals surface area contributed by atoms with E-state index in [0.717, 1.165) is 6.07 Å². The molecule has 0 saturated carbocycles. The van der Waals surface area contributed by atoms with E-state index in [-0.39, 0.29) is 35.1 Å². The van der Waals surface area contributed by atoms with Gasteiger partial charge in [-0.3, -0.25) is 4.79 Å². The third-order valence-electron chi connectivity index (χ3n) is 6.45. The van der Waals surface area contributed by atoms with Gasteiger partial charge in [-0.25, -0.2) is 9.18 Å². The van der Waals surface area contributed by atoms with E-state index in [1.165, 1.54) is 30.3 Å². The maximum absolute atomic E-state index is 14.8. The van der Waals surface area contributed by atoms with Crippen molar-refractivity contribution in [2.45, 2.75) is 38.5 Å². The molecule has 2 N–H and O–H groups in total. The molecule has 0 bridgehead atoms. The van der Waals surface area contributed by atoms with Gasteiger partial charge in [-0.15, -0.1) is 0 Å². The zero-order valence-corrected chi connectivity index (χ0v) is 21.7. The molecule has 7 nitrogen and oxygen atoms in total. The summed E-state index contributed by atoms with van der Waals surface area (Å²) in [7, 11) is 1.87. The van der Waals surface area contributed by atoms with Crippen molar-refractivity contribution < 1.29 is 36.6 Å². The van der Waals surface area contributed by atoms with Crippen molar-refractivity contribution in [3.63, 3.8) is 0 Å². The summed E-state index contributed by atoms with van der Waals surface area (Å²) in [6.07, 6.45) is -0.851. The van der Waals surface area contributed by atoms with Crippen LogP contribution in [0.4, 0.5) is 33.7 Å². The Morgan fingerprint density at radius 3 is 2.56 bits per heavy atom. The van der Waals surface area contributed by atoms with Crippen LogP contribution < -0.4 is 15.4 Å². The zero-order chi connectivity index (χ0) is 28.4. The average Bonchev–Trinajstić information content (AvgIpc) is 3.20. The number of nitrogens with one attached hydrogen (secondary N) is 2. The molecule has 39 heavy (non-hydrogen) atoms. The number of halogens is 4. The molecule has 208 valence electrons. The number of carbonyl (C=O) groups is 2. The van der Waals surface area contributed by atoms with E-state index in [2.05, 4.69) is 10.6 Å². The molecule has 1 saturated heterocycles. The van der Waals surface area contributed by atoms with Crippen molar-refractivity contribution in [3.05, 3.63) is 71.3 Å². The molecule has 11 heteroatoms. The Labute approximate surface area is 223 Å². The van der Waals surface area contributed by atoms with Gasteiger partial charge in [-0.05, 0) is 68.4 Å². The number of Topliss-reactive ketones (excluding diaryl/α,β-unsaturated/α-hetero) is 1. The van der Waals surface area contributed by atoms with Gasteiger partial charge >= 0.3 is 12.2 Å². The summed E-state index contributed by atoms with van der Waals surface area (Å²) in [5.74, 6) is -1.07. The Morgan fingerprint density at radius 1 is 1.15 bits per heavy atom. The van der Waals surface area contributed by atoms with Crippen LogP contribution in [0.5, 0.6) is 5.75 Å². The summed E-state index contributed by atoms with van der Waals surface area (Å²) in [5.41, 5.74) is -1.04. The highest BCUT2D eigenvalue weighted by molar-refractivity contribution is 6.02. The molecule has 1 aliphatic carbocycles. The molecule has 2 amide bonds. The van der Waals surface area contributed by atoms with Crippen molar-refractivity contribution in [1.82, 2.24) is 4.90 Å². The number of alkyl halides is 3. The number of benzene rings is 2. The third-order valence-corrected chi connectivity index (χ3v) is 6.45. The minimum absolute atomic E-state index is 0.116. The van der Waals surface area contributed by atoms with E-state index >= 15 is 0 Å². The van der Waals surface area contributed by atoms with Gasteiger partial charge in [0.1, 0.15) is 17.2 Å². The molecule has 4 rings (SSSR count). The molecular weight excluding hydrogens is 518 g/mol. The number of hydrogen-bond acceptors (Lipinski definition) is 5. The van der Waals surface area contributed by atoms with E-state index in [1.807, 2.05) is 11.9 Å². The SMILES string of the molecule is CCOC1=CC(c2ccc(NC(=O)Nc3ccc(OC4(C)CCN(C)C4)c(C(F)(F)F)c3)c(F)c2)=CCC1=O. The third kappa shape index (κ3) is 6.78. The fourth-order valence-electron chi connectivity index (χ4n) is 4.57.